The molecule has 0 unspecified atom stereocenters. The molecule has 0 bridgehead atoms. The summed E-state index contributed by atoms with van der Waals surface area (Å²) in [6, 6.07) is 4.69. The lowest BCUT2D eigenvalue weighted by molar-refractivity contribution is -0.130. The third kappa shape index (κ3) is 4.41. The van der Waals surface area contributed by atoms with Gasteiger partial charge in [-0.2, -0.15) is 0 Å². The highest BCUT2D eigenvalue weighted by Gasteiger charge is 2.27. The van der Waals surface area contributed by atoms with E-state index in [4.69, 9.17) is 10.5 Å². The van der Waals surface area contributed by atoms with Gasteiger partial charge in [-0.1, -0.05) is 6.07 Å². The number of benzene rings is 1. The van der Waals surface area contributed by atoms with Crippen LogP contribution >= 0.6 is 0 Å². The number of ether oxygens (including phenoxy) is 1. The van der Waals surface area contributed by atoms with Crippen molar-refractivity contribution in [2.24, 2.45) is 11.7 Å². The molecule has 23 heavy (non-hydrogen) atoms. The van der Waals surface area contributed by atoms with Gasteiger partial charge in [0.15, 0.2) is 11.6 Å². The van der Waals surface area contributed by atoms with E-state index in [0.29, 0.717) is 32.7 Å². The number of carbonyl (C=O) groups is 2. The molecule has 1 aromatic rings. The largest absolute Gasteiger partial charge is 0.494 e. The molecule has 1 aromatic carbocycles. The van der Waals surface area contributed by atoms with Crippen molar-refractivity contribution >= 4 is 11.8 Å². The van der Waals surface area contributed by atoms with Gasteiger partial charge in [0, 0.05) is 39.6 Å². The summed E-state index contributed by atoms with van der Waals surface area (Å²) in [4.78, 5) is 26.9. The van der Waals surface area contributed by atoms with Crippen LogP contribution in [0.3, 0.4) is 0 Å². The molecule has 1 atom stereocenters. The van der Waals surface area contributed by atoms with Crippen LogP contribution in [0.2, 0.25) is 0 Å². The SMILES string of the molecule is COc1cc(CN2CCN(C(C)=O)C[C@@H](C(N)=O)C2)ccc1F. The molecule has 0 aromatic heterocycles. The van der Waals surface area contributed by atoms with Crippen molar-refractivity contribution in [1.29, 1.82) is 0 Å². The maximum Gasteiger partial charge on any atom is 0.223 e. The van der Waals surface area contributed by atoms with Gasteiger partial charge in [-0.3, -0.25) is 14.5 Å². The summed E-state index contributed by atoms with van der Waals surface area (Å²) in [6.07, 6.45) is 0. The molecule has 1 heterocycles. The number of hydrogen-bond acceptors (Lipinski definition) is 4. The van der Waals surface area contributed by atoms with Crippen molar-refractivity contribution in [2.75, 3.05) is 33.3 Å². The molecule has 0 radical (unpaired) electrons. The minimum absolute atomic E-state index is 0.0680. The first-order chi connectivity index (χ1) is 10.9. The van der Waals surface area contributed by atoms with Crippen LogP contribution in [0.1, 0.15) is 12.5 Å². The average Bonchev–Trinajstić information content (AvgIpc) is 2.72. The molecule has 6 nitrogen and oxygen atoms in total. The minimum Gasteiger partial charge on any atom is -0.494 e. The van der Waals surface area contributed by atoms with Crippen LogP contribution in [0, 0.1) is 11.7 Å². The van der Waals surface area contributed by atoms with Crippen molar-refractivity contribution in [3.8, 4) is 5.75 Å². The van der Waals surface area contributed by atoms with Gasteiger partial charge in [0.2, 0.25) is 11.8 Å². The minimum atomic E-state index is -0.417. The van der Waals surface area contributed by atoms with Crippen LogP contribution in [0.25, 0.3) is 0 Å². The standard InChI is InChI=1S/C16H22FN3O3/c1-11(21)20-6-5-19(9-13(10-20)16(18)22)8-12-3-4-14(17)15(7-12)23-2/h3-4,7,13H,5-6,8-10H2,1-2H3,(H2,18,22)/t13-/m0/s1. The number of amides is 2. The Hall–Kier alpha value is -2.15. The zero-order chi connectivity index (χ0) is 17.0. The summed E-state index contributed by atoms with van der Waals surface area (Å²) in [7, 11) is 1.42. The van der Waals surface area contributed by atoms with E-state index in [0.717, 1.165) is 5.56 Å². The summed E-state index contributed by atoms with van der Waals surface area (Å²) in [5.41, 5.74) is 6.32. The summed E-state index contributed by atoms with van der Waals surface area (Å²) in [5.74, 6) is -1.12. The molecule has 1 fully saturated rings. The quantitative estimate of drug-likeness (QED) is 0.880. The number of halogens is 1. The maximum atomic E-state index is 13.5. The lowest BCUT2D eigenvalue weighted by Gasteiger charge is -2.22. The van der Waals surface area contributed by atoms with Crippen LogP contribution in [-0.2, 0) is 16.1 Å². The second-order valence-electron chi connectivity index (χ2n) is 5.77. The number of nitrogens with zero attached hydrogens (tertiary/aromatic N) is 2. The number of carbonyl (C=O) groups excluding carboxylic acids is 2. The predicted molar refractivity (Wildman–Crippen MR) is 83.2 cm³/mol. The van der Waals surface area contributed by atoms with Gasteiger partial charge >= 0.3 is 0 Å². The number of hydrogen-bond donors (Lipinski definition) is 1. The van der Waals surface area contributed by atoms with Crippen molar-refractivity contribution in [2.45, 2.75) is 13.5 Å². The van der Waals surface area contributed by atoms with Gasteiger partial charge in [0.25, 0.3) is 0 Å². The van der Waals surface area contributed by atoms with Crippen LogP contribution in [0.4, 0.5) is 4.39 Å². The Balaban J connectivity index is 2.12. The highest BCUT2D eigenvalue weighted by molar-refractivity contribution is 5.79. The van der Waals surface area contributed by atoms with Crippen molar-refractivity contribution in [1.82, 2.24) is 9.80 Å². The molecule has 2 rings (SSSR count). The molecule has 2 amide bonds. The number of nitrogens with two attached hydrogens (primary N) is 1. The first kappa shape index (κ1) is 17.2. The van der Waals surface area contributed by atoms with Gasteiger partial charge in [-0.25, -0.2) is 4.39 Å². The molecule has 0 saturated carbocycles. The zero-order valence-corrected chi connectivity index (χ0v) is 13.4. The fourth-order valence-corrected chi connectivity index (χ4v) is 2.75. The highest BCUT2D eigenvalue weighted by atomic mass is 19.1. The van der Waals surface area contributed by atoms with Crippen molar-refractivity contribution in [3.05, 3.63) is 29.6 Å². The van der Waals surface area contributed by atoms with Gasteiger partial charge in [0.1, 0.15) is 0 Å². The third-order valence-corrected chi connectivity index (χ3v) is 4.07. The topological polar surface area (TPSA) is 75.9 Å². The second kappa shape index (κ2) is 7.41. The van der Waals surface area contributed by atoms with Gasteiger partial charge < -0.3 is 15.4 Å². The highest BCUT2D eigenvalue weighted by Crippen LogP contribution is 2.20. The van der Waals surface area contributed by atoms with Crippen molar-refractivity contribution in [3.63, 3.8) is 0 Å². The Morgan fingerprint density at radius 1 is 1.35 bits per heavy atom. The first-order valence-electron chi connectivity index (χ1n) is 7.50. The second-order valence-corrected chi connectivity index (χ2v) is 5.77. The molecule has 0 spiro atoms. The molecule has 1 aliphatic rings. The zero-order valence-electron chi connectivity index (χ0n) is 13.4. The van der Waals surface area contributed by atoms with Crippen molar-refractivity contribution < 1.29 is 18.7 Å². The molecular formula is C16H22FN3O3. The first-order valence-corrected chi connectivity index (χ1v) is 7.50. The van der Waals surface area contributed by atoms with Crippen LogP contribution in [0.5, 0.6) is 5.75 Å². The number of methoxy groups -OCH3 is 1. The van der Waals surface area contributed by atoms with E-state index in [9.17, 15) is 14.0 Å². The summed E-state index contributed by atoms with van der Waals surface area (Å²) in [5, 5.41) is 0. The van der Waals surface area contributed by atoms with E-state index in [1.807, 2.05) is 4.90 Å². The fraction of sp³-hybridized carbons (Fsp3) is 0.500. The summed E-state index contributed by atoms with van der Waals surface area (Å²) < 4.78 is 18.5. The van der Waals surface area contributed by atoms with E-state index in [-0.39, 0.29) is 11.7 Å². The lowest BCUT2D eigenvalue weighted by Crippen LogP contribution is -2.39. The van der Waals surface area contributed by atoms with Gasteiger partial charge in [-0.15, -0.1) is 0 Å². The Kier molecular flexibility index (Phi) is 5.54. The van der Waals surface area contributed by atoms with Crippen LogP contribution < -0.4 is 10.5 Å². The smallest absolute Gasteiger partial charge is 0.223 e. The Labute approximate surface area is 135 Å². The molecule has 2 N–H and O–H groups in total. The van der Waals surface area contributed by atoms with Gasteiger partial charge in [-0.05, 0) is 17.7 Å². The lowest BCUT2D eigenvalue weighted by atomic mass is 10.1. The van der Waals surface area contributed by atoms with Crippen LogP contribution in [0.15, 0.2) is 18.2 Å². The Bertz CT molecular complexity index is 594. The Morgan fingerprint density at radius 3 is 2.70 bits per heavy atom. The fourth-order valence-electron chi connectivity index (χ4n) is 2.75. The number of rotatable bonds is 4. The van der Waals surface area contributed by atoms with Crippen LogP contribution in [-0.4, -0.2) is 54.9 Å². The van der Waals surface area contributed by atoms with E-state index in [1.54, 1.807) is 17.0 Å². The average molecular weight is 323 g/mol. The van der Waals surface area contributed by atoms with E-state index in [1.165, 1.54) is 20.1 Å². The molecule has 126 valence electrons. The molecule has 1 saturated heterocycles. The van der Waals surface area contributed by atoms with E-state index in [2.05, 4.69) is 0 Å². The predicted octanol–water partition coefficient (Wildman–Crippen LogP) is 0.600. The molecule has 7 heteroatoms. The van der Waals surface area contributed by atoms with Gasteiger partial charge in [0.05, 0.1) is 13.0 Å². The monoisotopic (exact) mass is 323 g/mol. The normalized spacial score (nSPS) is 19.3. The summed E-state index contributed by atoms with van der Waals surface area (Å²) >= 11 is 0. The Morgan fingerprint density at radius 2 is 2.09 bits per heavy atom. The molecule has 0 aliphatic carbocycles. The van der Waals surface area contributed by atoms with E-state index >= 15 is 0 Å². The maximum absolute atomic E-state index is 13.5. The summed E-state index contributed by atoms with van der Waals surface area (Å²) in [6.45, 7) is 4.00. The van der Waals surface area contributed by atoms with E-state index < -0.39 is 17.6 Å². The molecular weight excluding hydrogens is 301 g/mol. The third-order valence-electron chi connectivity index (χ3n) is 4.07. The number of primary amides is 1. The molecule has 1 aliphatic heterocycles.